The zero-order valence-electron chi connectivity index (χ0n) is 10.2. The summed E-state index contributed by atoms with van der Waals surface area (Å²) in [7, 11) is -2.79. The Morgan fingerprint density at radius 2 is 1.69 bits per heavy atom. The maximum atomic E-state index is 12.9. The number of benzene rings is 1. The van der Waals surface area contributed by atoms with Crippen LogP contribution in [-0.2, 0) is 9.09 Å². The fourth-order valence-corrected chi connectivity index (χ4v) is 4.41. The predicted molar refractivity (Wildman–Crippen MR) is 67.3 cm³/mol. The predicted octanol–water partition coefficient (Wildman–Crippen LogP) is 3.61. The van der Waals surface area contributed by atoms with Gasteiger partial charge in [-0.2, -0.15) is 0 Å². The minimum absolute atomic E-state index is 0.410. The van der Waals surface area contributed by atoms with Gasteiger partial charge in [0.15, 0.2) is 0 Å². The lowest BCUT2D eigenvalue weighted by atomic mass is 10.2. The van der Waals surface area contributed by atoms with Crippen LogP contribution in [0.15, 0.2) is 36.1 Å². The molecule has 1 aliphatic heterocycles. The third-order valence-electron chi connectivity index (χ3n) is 2.96. The highest BCUT2D eigenvalue weighted by molar-refractivity contribution is 7.69. The van der Waals surface area contributed by atoms with Crippen LogP contribution >= 0.6 is 7.37 Å². The minimum Gasteiger partial charge on any atom is -0.444 e. The lowest BCUT2D eigenvalue weighted by Gasteiger charge is -2.25. The number of hydrogen-bond donors (Lipinski definition) is 0. The molecule has 1 unspecified atom stereocenters. The molecule has 1 heterocycles. The van der Waals surface area contributed by atoms with Gasteiger partial charge in [0.05, 0.1) is 10.9 Å². The Bertz CT molecular complexity index is 483. The minimum atomic E-state index is -2.79. The van der Waals surface area contributed by atoms with Crippen LogP contribution in [0.25, 0.3) is 0 Å². The summed E-state index contributed by atoms with van der Waals surface area (Å²) < 4.78 is 18.5. The highest BCUT2D eigenvalue weighted by Gasteiger charge is 2.47. The van der Waals surface area contributed by atoms with Gasteiger partial charge in [-0.05, 0) is 45.9 Å². The molecule has 0 aromatic heterocycles. The first-order chi connectivity index (χ1) is 7.35. The summed E-state index contributed by atoms with van der Waals surface area (Å²) in [5.41, 5.74) is 1.16. The van der Waals surface area contributed by atoms with Crippen molar-refractivity contribution in [3.05, 3.63) is 41.7 Å². The first-order valence-corrected chi connectivity index (χ1v) is 7.04. The van der Waals surface area contributed by atoms with E-state index in [1.54, 1.807) is 0 Å². The average Bonchev–Trinajstić information content (AvgIpc) is 2.37. The van der Waals surface area contributed by atoms with E-state index in [0.29, 0.717) is 0 Å². The van der Waals surface area contributed by atoms with Crippen molar-refractivity contribution in [2.24, 2.45) is 0 Å². The highest BCUT2D eigenvalue weighted by atomic mass is 31.2. The van der Waals surface area contributed by atoms with E-state index in [9.17, 15) is 4.57 Å². The van der Waals surface area contributed by atoms with Crippen molar-refractivity contribution in [2.75, 3.05) is 0 Å². The molecular formula is C13H17O2P. The van der Waals surface area contributed by atoms with Gasteiger partial charge in [-0.1, -0.05) is 17.7 Å². The largest absolute Gasteiger partial charge is 0.444 e. The number of aryl methyl sites for hydroxylation is 1. The third kappa shape index (κ3) is 1.62. The highest BCUT2D eigenvalue weighted by Crippen LogP contribution is 2.64. The van der Waals surface area contributed by atoms with Crippen molar-refractivity contribution in [1.29, 1.82) is 0 Å². The Hall–Kier alpha value is -1.01. The molecule has 3 heteroatoms. The van der Waals surface area contributed by atoms with E-state index in [4.69, 9.17) is 4.52 Å². The summed E-state index contributed by atoms with van der Waals surface area (Å²) in [4.78, 5) is 0. The van der Waals surface area contributed by atoms with Crippen LogP contribution in [0.2, 0.25) is 0 Å². The second kappa shape index (κ2) is 3.49. The quantitative estimate of drug-likeness (QED) is 0.696. The van der Waals surface area contributed by atoms with E-state index < -0.39 is 12.5 Å². The molecular weight excluding hydrogens is 219 g/mol. The van der Waals surface area contributed by atoms with Crippen LogP contribution in [0.1, 0.15) is 26.3 Å². The van der Waals surface area contributed by atoms with Gasteiger partial charge in [0.1, 0.15) is 0 Å². The molecule has 0 N–H and O–H groups in total. The Morgan fingerprint density at radius 3 is 2.12 bits per heavy atom. The molecule has 0 bridgehead atoms. The van der Waals surface area contributed by atoms with Gasteiger partial charge in [0.2, 0.25) is 0 Å². The molecule has 0 fully saturated rings. The smallest absolute Gasteiger partial charge is 0.286 e. The molecule has 2 nitrogen and oxygen atoms in total. The fourth-order valence-electron chi connectivity index (χ4n) is 2.06. The number of allylic oxidation sites excluding steroid dienone is 2. The van der Waals surface area contributed by atoms with Crippen LogP contribution in [0.5, 0.6) is 0 Å². The van der Waals surface area contributed by atoms with Crippen molar-refractivity contribution in [3.8, 4) is 0 Å². The molecule has 1 aromatic rings. The van der Waals surface area contributed by atoms with E-state index in [0.717, 1.165) is 16.6 Å². The van der Waals surface area contributed by atoms with E-state index in [2.05, 4.69) is 0 Å². The Morgan fingerprint density at radius 1 is 1.12 bits per heavy atom. The average molecular weight is 236 g/mol. The molecule has 16 heavy (non-hydrogen) atoms. The van der Waals surface area contributed by atoms with E-state index in [-0.39, 0.29) is 0 Å². The van der Waals surface area contributed by atoms with Gasteiger partial charge in [-0.25, -0.2) is 0 Å². The number of hydrogen-bond acceptors (Lipinski definition) is 2. The van der Waals surface area contributed by atoms with Crippen molar-refractivity contribution < 1.29 is 9.09 Å². The molecule has 1 aromatic carbocycles. The first-order valence-electron chi connectivity index (χ1n) is 5.42. The number of rotatable bonds is 1. The van der Waals surface area contributed by atoms with Crippen molar-refractivity contribution in [3.63, 3.8) is 0 Å². The molecule has 0 spiro atoms. The monoisotopic (exact) mass is 236 g/mol. The molecule has 0 radical (unpaired) electrons. The van der Waals surface area contributed by atoms with Gasteiger partial charge in [0, 0.05) is 5.30 Å². The van der Waals surface area contributed by atoms with E-state index in [1.165, 1.54) is 0 Å². The van der Waals surface area contributed by atoms with Gasteiger partial charge in [-0.3, -0.25) is 4.57 Å². The van der Waals surface area contributed by atoms with E-state index in [1.807, 2.05) is 58.0 Å². The molecule has 0 saturated carbocycles. The van der Waals surface area contributed by atoms with Crippen LogP contribution in [-0.4, -0.2) is 5.16 Å². The summed E-state index contributed by atoms with van der Waals surface area (Å²) in [6, 6.07) is 7.76. The molecule has 86 valence electrons. The van der Waals surface area contributed by atoms with Gasteiger partial charge >= 0.3 is 0 Å². The Kier molecular flexibility index (Phi) is 2.51. The van der Waals surface area contributed by atoms with Gasteiger partial charge in [0.25, 0.3) is 7.37 Å². The topological polar surface area (TPSA) is 26.3 Å². The summed E-state index contributed by atoms with van der Waals surface area (Å²) in [6.45, 7) is 7.80. The van der Waals surface area contributed by atoms with Crippen molar-refractivity contribution >= 4 is 12.7 Å². The molecule has 0 saturated heterocycles. The molecule has 1 atom stereocenters. The summed E-state index contributed by atoms with van der Waals surface area (Å²) >= 11 is 0. The lowest BCUT2D eigenvalue weighted by Crippen LogP contribution is -2.21. The van der Waals surface area contributed by atoms with E-state index >= 15 is 0 Å². The summed E-state index contributed by atoms with van der Waals surface area (Å²) in [5, 5.41) is 0.392. The van der Waals surface area contributed by atoms with Gasteiger partial charge in [-0.15, -0.1) is 0 Å². The molecule has 2 rings (SSSR count). The third-order valence-corrected chi connectivity index (χ3v) is 6.13. The zero-order chi connectivity index (χ0) is 12.0. The molecule has 1 aliphatic rings. The van der Waals surface area contributed by atoms with Crippen LogP contribution in [0.3, 0.4) is 0 Å². The molecule has 0 aliphatic carbocycles. The Labute approximate surface area is 96.8 Å². The standard InChI is InChI=1S/C13H17O2P/c1-10-5-7-12(8-6-10)16(14)13(3,4)9-11(2)15-16/h5-9H,1-4H3. The summed E-state index contributed by atoms with van der Waals surface area (Å²) in [5.74, 6) is 0.758. The van der Waals surface area contributed by atoms with Crippen LogP contribution < -0.4 is 5.30 Å². The van der Waals surface area contributed by atoms with Crippen molar-refractivity contribution in [1.82, 2.24) is 0 Å². The summed E-state index contributed by atoms with van der Waals surface area (Å²) in [6.07, 6.45) is 1.95. The normalized spacial score (nSPS) is 27.4. The maximum absolute atomic E-state index is 12.9. The van der Waals surface area contributed by atoms with Crippen LogP contribution in [0, 0.1) is 6.92 Å². The van der Waals surface area contributed by atoms with Gasteiger partial charge < -0.3 is 4.52 Å². The molecule has 0 amide bonds. The van der Waals surface area contributed by atoms with Crippen molar-refractivity contribution in [2.45, 2.75) is 32.9 Å². The Balaban J connectivity index is 2.49. The van der Waals surface area contributed by atoms with Crippen LogP contribution in [0.4, 0.5) is 0 Å². The first kappa shape index (κ1) is 11.5. The zero-order valence-corrected chi connectivity index (χ0v) is 11.0. The maximum Gasteiger partial charge on any atom is 0.286 e. The second-order valence-electron chi connectivity index (χ2n) is 4.89. The second-order valence-corrected chi connectivity index (χ2v) is 7.84. The lowest BCUT2D eigenvalue weighted by molar-refractivity contribution is 0.421. The fraction of sp³-hybridized carbons (Fsp3) is 0.385. The SMILES string of the molecule is CC1=CC(C)(C)P(=O)(c2ccc(C)cc2)O1.